The molecule has 28 heavy (non-hydrogen) atoms. The first-order chi connectivity index (χ1) is 13.7. The molecule has 1 N–H and O–H groups in total. The second kappa shape index (κ2) is 8.33. The normalized spacial score (nSPS) is 15.0. The summed E-state index contributed by atoms with van der Waals surface area (Å²) < 4.78 is 11.0. The van der Waals surface area contributed by atoms with Crippen LogP contribution in [0.1, 0.15) is 18.4 Å². The minimum atomic E-state index is 0.0523. The Kier molecular flexibility index (Phi) is 5.46. The van der Waals surface area contributed by atoms with E-state index in [1.54, 1.807) is 7.11 Å². The maximum Gasteiger partial charge on any atom is 0.298 e. The van der Waals surface area contributed by atoms with Gasteiger partial charge in [-0.3, -0.25) is 4.79 Å². The number of fused-ring (bicyclic) bond motifs is 1. The van der Waals surface area contributed by atoms with Crippen molar-refractivity contribution in [1.82, 2.24) is 10.3 Å². The predicted molar refractivity (Wildman–Crippen MR) is 109 cm³/mol. The topological polar surface area (TPSA) is 67.6 Å². The number of amides is 1. The third kappa shape index (κ3) is 4.11. The Balaban J connectivity index is 1.24. The molecule has 1 fully saturated rings. The molecular formula is C22H25N3O3. The number of anilines is 1. The van der Waals surface area contributed by atoms with Crippen molar-refractivity contribution < 1.29 is 13.9 Å². The second-order valence-corrected chi connectivity index (χ2v) is 7.11. The van der Waals surface area contributed by atoms with Crippen LogP contribution in [0.2, 0.25) is 0 Å². The Hall–Kier alpha value is -3.02. The number of methoxy groups -OCH3 is 1. The molecule has 6 heteroatoms. The number of piperidine rings is 1. The van der Waals surface area contributed by atoms with Crippen molar-refractivity contribution in [1.29, 1.82) is 0 Å². The summed E-state index contributed by atoms with van der Waals surface area (Å²) in [6.45, 7) is 2.21. The highest BCUT2D eigenvalue weighted by Crippen LogP contribution is 2.26. The summed E-state index contributed by atoms with van der Waals surface area (Å²) in [5, 5.41) is 3.08. The Morgan fingerprint density at radius 1 is 1.18 bits per heavy atom. The van der Waals surface area contributed by atoms with Crippen molar-refractivity contribution in [3.63, 3.8) is 0 Å². The lowest BCUT2D eigenvalue weighted by atomic mass is 9.96. The molecule has 1 aliphatic rings. The molecule has 0 unspecified atom stereocenters. The van der Waals surface area contributed by atoms with Gasteiger partial charge in [0.05, 0.1) is 7.11 Å². The van der Waals surface area contributed by atoms with Gasteiger partial charge in [-0.05, 0) is 49.1 Å². The summed E-state index contributed by atoms with van der Waals surface area (Å²) in [5.74, 6) is 1.04. The van der Waals surface area contributed by atoms with Gasteiger partial charge in [0.1, 0.15) is 11.3 Å². The Labute approximate surface area is 164 Å². The van der Waals surface area contributed by atoms with E-state index in [0.29, 0.717) is 12.6 Å². The number of benzene rings is 2. The van der Waals surface area contributed by atoms with Crippen LogP contribution in [0.15, 0.2) is 52.9 Å². The SMILES string of the molecule is COc1ccc(CCNC(=O)C2CCN(c3nc4ccccc4o3)CC2)cc1. The number of nitrogens with one attached hydrogen (secondary N) is 1. The zero-order valence-corrected chi connectivity index (χ0v) is 16.1. The molecule has 2 aromatic carbocycles. The highest BCUT2D eigenvalue weighted by Gasteiger charge is 2.27. The minimum absolute atomic E-state index is 0.0523. The summed E-state index contributed by atoms with van der Waals surface area (Å²) in [6, 6.07) is 16.4. The second-order valence-electron chi connectivity index (χ2n) is 7.11. The van der Waals surface area contributed by atoms with Crippen molar-refractivity contribution in [3.05, 3.63) is 54.1 Å². The van der Waals surface area contributed by atoms with Gasteiger partial charge in [-0.2, -0.15) is 4.98 Å². The summed E-state index contributed by atoms with van der Waals surface area (Å²) in [7, 11) is 1.66. The summed E-state index contributed by atoms with van der Waals surface area (Å²) in [5.41, 5.74) is 2.86. The van der Waals surface area contributed by atoms with Gasteiger partial charge in [0.25, 0.3) is 6.01 Å². The highest BCUT2D eigenvalue weighted by molar-refractivity contribution is 5.79. The van der Waals surface area contributed by atoms with Crippen molar-refractivity contribution in [3.8, 4) is 5.75 Å². The molecule has 1 aromatic heterocycles. The van der Waals surface area contributed by atoms with Crippen molar-refractivity contribution in [2.45, 2.75) is 19.3 Å². The fourth-order valence-electron chi connectivity index (χ4n) is 3.59. The summed E-state index contributed by atoms with van der Waals surface area (Å²) >= 11 is 0. The van der Waals surface area contributed by atoms with Crippen molar-refractivity contribution in [2.24, 2.45) is 5.92 Å². The van der Waals surface area contributed by atoms with E-state index in [1.165, 1.54) is 5.56 Å². The molecule has 1 saturated heterocycles. The van der Waals surface area contributed by atoms with Gasteiger partial charge in [0, 0.05) is 25.6 Å². The largest absolute Gasteiger partial charge is 0.497 e. The highest BCUT2D eigenvalue weighted by atomic mass is 16.5. The smallest absolute Gasteiger partial charge is 0.298 e. The van der Waals surface area contributed by atoms with Crippen LogP contribution in [0.5, 0.6) is 5.75 Å². The fraction of sp³-hybridized carbons (Fsp3) is 0.364. The number of para-hydroxylation sites is 2. The molecular weight excluding hydrogens is 354 g/mol. The molecule has 4 rings (SSSR count). The number of aromatic nitrogens is 1. The van der Waals surface area contributed by atoms with Crippen LogP contribution in [-0.4, -0.2) is 37.6 Å². The molecule has 0 saturated carbocycles. The lowest BCUT2D eigenvalue weighted by molar-refractivity contribution is -0.125. The molecule has 0 bridgehead atoms. The van der Waals surface area contributed by atoms with Crippen molar-refractivity contribution in [2.75, 3.05) is 31.6 Å². The van der Waals surface area contributed by atoms with Gasteiger partial charge in [-0.25, -0.2) is 0 Å². The van der Waals surface area contributed by atoms with Gasteiger partial charge >= 0.3 is 0 Å². The number of hydrogen-bond donors (Lipinski definition) is 1. The third-order valence-electron chi connectivity index (χ3n) is 5.29. The standard InChI is InChI=1S/C22H25N3O3/c1-27-18-8-6-16(7-9-18)10-13-23-21(26)17-11-14-25(15-12-17)22-24-19-4-2-3-5-20(19)28-22/h2-9,17H,10-15H2,1H3,(H,23,26). The molecule has 146 valence electrons. The van der Waals surface area contributed by atoms with E-state index in [4.69, 9.17) is 9.15 Å². The summed E-state index contributed by atoms with van der Waals surface area (Å²) in [4.78, 5) is 19.2. The number of nitrogens with zero attached hydrogens (tertiary/aromatic N) is 2. The number of carbonyl (C=O) groups is 1. The van der Waals surface area contributed by atoms with E-state index in [1.807, 2.05) is 48.5 Å². The zero-order chi connectivity index (χ0) is 19.3. The molecule has 0 radical (unpaired) electrons. The fourth-order valence-corrected chi connectivity index (χ4v) is 3.59. The van der Waals surface area contributed by atoms with Gasteiger partial charge < -0.3 is 19.4 Å². The van der Waals surface area contributed by atoms with E-state index >= 15 is 0 Å². The van der Waals surface area contributed by atoms with Crippen LogP contribution in [-0.2, 0) is 11.2 Å². The number of rotatable bonds is 6. The average molecular weight is 379 g/mol. The Morgan fingerprint density at radius 3 is 2.64 bits per heavy atom. The van der Waals surface area contributed by atoms with Crippen LogP contribution < -0.4 is 15.0 Å². The Morgan fingerprint density at radius 2 is 1.93 bits per heavy atom. The Bertz CT molecular complexity index is 895. The predicted octanol–water partition coefficient (Wildman–Crippen LogP) is 3.41. The van der Waals surface area contributed by atoms with Gasteiger partial charge in [-0.1, -0.05) is 24.3 Å². The van der Waals surface area contributed by atoms with E-state index < -0.39 is 0 Å². The van der Waals surface area contributed by atoms with Gasteiger partial charge in [0.2, 0.25) is 5.91 Å². The number of hydrogen-bond acceptors (Lipinski definition) is 5. The van der Waals surface area contributed by atoms with Crippen LogP contribution in [0.25, 0.3) is 11.1 Å². The zero-order valence-electron chi connectivity index (χ0n) is 16.1. The van der Waals surface area contributed by atoms with E-state index in [2.05, 4.69) is 15.2 Å². The lowest BCUT2D eigenvalue weighted by Crippen LogP contribution is -2.41. The first kappa shape index (κ1) is 18.3. The van der Waals surface area contributed by atoms with E-state index in [0.717, 1.165) is 49.2 Å². The number of ether oxygens (including phenoxy) is 1. The average Bonchev–Trinajstić information content (AvgIpc) is 3.18. The number of carbonyl (C=O) groups excluding carboxylic acids is 1. The van der Waals surface area contributed by atoms with Crippen molar-refractivity contribution >= 4 is 23.0 Å². The number of oxazole rings is 1. The van der Waals surface area contributed by atoms with Gasteiger partial charge in [0.15, 0.2) is 5.58 Å². The van der Waals surface area contributed by atoms with Crippen LogP contribution in [0.4, 0.5) is 6.01 Å². The molecule has 0 aliphatic carbocycles. The minimum Gasteiger partial charge on any atom is -0.497 e. The van der Waals surface area contributed by atoms with Crippen LogP contribution >= 0.6 is 0 Å². The summed E-state index contributed by atoms with van der Waals surface area (Å²) in [6.07, 6.45) is 2.44. The molecule has 6 nitrogen and oxygen atoms in total. The maximum atomic E-state index is 12.5. The molecule has 0 atom stereocenters. The quantitative estimate of drug-likeness (QED) is 0.711. The molecule has 3 aromatic rings. The maximum absolute atomic E-state index is 12.5. The van der Waals surface area contributed by atoms with E-state index in [9.17, 15) is 4.79 Å². The van der Waals surface area contributed by atoms with E-state index in [-0.39, 0.29) is 11.8 Å². The molecule has 0 spiro atoms. The first-order valence-electron chi connectivity index (χ1n) is 9.74. The molecule has 1 aliphatic heterocycles. The lowest BCUT2D eigenvalue weighted by Gasteiger charge is -2.30. The first-order valence-corrected chi connectivity index (χ1v) is 9.74. The monoisotopic (exact) mass is 379 g/mol. The molecule has 1 amide bonds. The third-order valence-corrected chi connectivity index (χ3v) is 5.29. The van der Waals surface area contributed by atoms with Crippen LogP contribution in [0.3, 0.4) is 0 Å². The molecule has 2 heterocycles. The van der Waals surface area contributed by atoms with Crippen LogP contribution in [0, 0.1) is 5.92 Å². The van der Waals surface area contributed by atoms with Gasteiger partial charge in [-0.15, -0.1) is 0 Å².